The predicted octanol–water partition coefficient (Wildman–Crippen LogP) is 2.06. The molecule has 3 aromatic rings. The van der Waals surface area contributed by atoms with Gasteiger partial charge in [-0.1, -0.05) is 12.1 Å². The Hall–Kier alpha value is -2.56. The molecule has 5 heteroatoms. The van der Waals surface area contributed by atoms with E-state index in [2.05, 4.69) is 36.4 Å². The van der Waals surface area contributed by atoms with Crippen molar-refractivity contribution in [2.24, 2.45) is 0 Å². The Bertz CT molecular complexity index is 696. The molecule has 0 radical (unpaired) electrons. The molecule has 4 heterocycles. The van der Waals surface area contributed by atoms with Crippen molar-refractivity contribution in [2.45, 2.75) is 0 Å². The summed E-state index contributed by atoms with van der Waals surface area (Å²) in [7, 11) is 0. The summed E-state index contributed by atoms with van der Waals surface area (Å²) in [4.78, 5) is 13.8. The number of hydrogen-bond donors (Lipinski definition) is 0. The maximum Gasteiger partial charge on any atom is 0.147 e. The molecule has 1 aliphatic rings. The minimum absolute atomic E-state index is 0.973. The van der Waals surface area contributed by atoms with Gasteiger partial charge in [0.15, 0.2) is 0 Å². The molecule has 106 valence electrons. The summed E-state index contributed by atoms with van der Waals surface area (Å²) < 4.78 is 2.07. The molecule has 0 atom stereocenters. The number of fused-ring (bicyclic) bond motifs is 1. The van der Waals surface area contributed by atoms with Gasteiger partial charge < -0.3 is 14.2 Å². The number of imidazole rings is 1. The summed E-state index contributed by atoms with van der Waals surface area (Å²) in [6.45, 7) is 3.90. The zero-order valence-electron chi connectivity index (χ0n) is 11.8. The van der Waals surface area contributed by atoms with Crippen molar-refractivity contribution in [3.8, 4) is 0 Å². The largest absolute Gasteiger partial charge is 0.353 e. The lowest BCUT2D eigenvalue weighted by Crippen LogP contribution is -2.47. The van der Waals surface area contributed by atoms with Crippen molar-refractivity contribution in [1.29, 1.82) is 0 Å². The van der Waals surface area contributed by atoms with Crippen LogP contribution in [-0.2, 0) is 0 Å². The van der Waals surface area contributed by atoms with Crippen LogP contribution in [0.15, 0.2) is 55.0 Å². The average molecular weight is 279 g/mol. The minimum Gasteiger partial charge on any atom is -0.353 e. The van der Waals surface area contributed by atoms with Gasteiger partial charge in [-0.2, -0.15) is 0 Å². The van der Waals surface area contributed by atoms with Gasteiger partial charge in [-0.05, 0) is 24.3 Å². The number of aromatic nitrogens is 3. The van der Waals surface area contributed by atoms with Crippen LogP contribution in [0.3, 0.4) is 0 Å². The van der Waals surface area contributed by atoms with Gasteiger partial charge in [0.1, 0.15) is 17.3 Å². The summed E-state index contributed by atoms with van der Waals surface area (Å²) in [5, 5.41) is 0. The van der Waals surface area contributed by atoms with E-state index in [1.54, 1.807) is 0 Å². The van der Waals surface area contributed by atoms with Crippen LogP contribution in [0, 0.1) is 0 Å². The third kappa shape index (κ3) is 2.31. The highest BCUT2D eigenvalue weighted by Gasteiger charge is 2.19. The summed E-state index contributed by atoms with van der Waals surface area (Å²) in [6.07, 6.45) is 5.99. The first-order valence-electron chi connectivity index (χ1n) is 7.25. The molecule has 1 saturated heterocycles. The van der Waals surface area contributed by atoms with Gasteiger partial charge >= 0.3 is 0 Å². The van der Waals surface area contributed by atoms with E-state index in [1.165, 1.54) is 0 Å². The van der Waals surface area contributed by atoms with Crippen molar-refractivity contribution in [1.82, 2.24) is 14.4 Å². The zero-order valence-corrected chi connectivity index (χ0v) is 11.8. The fraction of sp³-hybridized carbons (Fsp3) is 0.250. The van der Waals surface area contributed by atoms with E-state index in [1.807, 2.05) is 42.7 Å². The Morgan fingerprint density at radius 1 is 0.810 bits per heavy atom. The van der Waals surface area contributed by atoms with E-state index in [4.69, 9.17) is 0 Å². The van der Waals surface area contributed by atoms with Crippen LogP contribution in [0.2, 0.25) is 0 Å². The van der Waals surface area contributed by atoms with Crippen LogP contribution < -0.4 is 9.80 Å². The minimum atomic E-state index is 0.973. The molecule has 1 aliphatic heterocycles. The van der Waals surface area contributed by atoms with E-state index in [-0.39, 0.29) is 0 Å². The number of hydrogen-bond acceptors (Lipinski definition) is 4. The molecule has 0 aliphatic carbocycles. The van der Waals surface area contributed by atoms with Gasteiger partial charge in [0, 0.05) is 38.6 Å². The fourth-order valence-electron chi connectivity index (χ4n) is 2.78. The van der Waals surface area contributed by atoms with Crippen LogP contribution in [0.5, 0.6) is 0 Å². The van der Waals surface area contributed by atoms with Crippen molar-refractivity contribution in [3.05, 3.63) is 55.0 Å². The molecule has 3 aromatic heterocycles. The molecule has 0 N–H and O–H groups in total. The topological polar surface area (TPSA) is 36.7 Å². The second-order valence-corrected chi connectivity index (χ2v) is 5.23. The molecule has 21 heavy (non-hydrogen) atoms. The number of pyridine rings is 2. The lowest BCUT2D eigenvalue weighted by atomic mass is 10.3. The van der Waals surface area contributed by atoms with Crippen molar-refractivity contribution >= 4 is 17.3 Å². The highest BCUT2D eigenvalue weighted by Crippen LogP contribution is 2.18. The van der Waals surface area contributed by atoms with Gasteiger partial charge in [-0.25, -0.2) is 9.97 Å². The normalized spacial score (nSPS) is 15.6. The maximum absolute atomic E-state index is 4.69. The van der Waals surface area contributed by atoms with Gasteiger partial charge in [-0.3, -0.25) is 0 Å². The number of piperazine rings is 1. The van der Waals surface area contributed by atoms with Crippen LogP contribution in [-0.4, -0.2) is 40.5 Å². The standard InChI is InChI=1S/C16H17N5/c1-3-7-17-14(5-1)19-9-11-20(12-10-19)16-13-21-8-4-2-6-15(21)18-16/h1-8,13H,9-12H2. The van der Waals surface area contributed by atoms with Crippen LogP contribution in [0.4, 0.5) is 11.6 Å². The first-order chi connectivity index (χ1) is 10.4. The summed E-state index contributed by atoms with van der Waals surface area (Å²) in [5.41, 5.74) is 1.000. The number of nitrogens with zero attached hydrogens (tertiary/aromatic N) is 5. The third-order valence-electron chi connectivity index (χ3n) is 3.93. The van der Waals surface area contributed by atoms with Crippen molar-refractivity contribution in [2.75, 3.05) is 36.0 Å². The number of rotatable bonds is 2. The van der Waals surface area contributed by atoms with Gasteiger partial charge in [0.2, 0.25) is 0 Å². The van der Waals surface area contributed by atoms with Crippen LogP contribution in [0.1, 0.15) is 0 Å². The molecule has 0 saturated carbocycles. The molecule has 4 rings (SSSR count). The molecule has 1 fully saturated rings. The molecule has 0 amide bonds. The first-order valence-corrected chi connectivity index (χ1v) is 7.25. The lowest BCUT2D eigenvalue weighted by Gasteiger charge is -2.35. The summed E-state index contributed by atoms with van der Waals surface area (Å²) >= 11 is 0. The zero-order chi connectivity index (χ0) is 14.1. The van der Waals surface area contributed by atoms with E-state index < -0.39 is 0 Å². The quantitative estimate of drug-likeness (QED) is 0.719. The van der Waals surface area contributed by atoms with E-state index >= 15 is 0 Å². The van der Waals surface area contributed by atoms with Gasteiger partial charge in [0.05, 0.1) is 6.20 Å². The summed E-state index contributed by atoms with van der Waals surface area (Å²) in [6, 6.07) is 12.1. The van der Waals surface area contributed by atoms with Gasteiger partial charge in [-0.15, -0.1) is 0 Å². The SMILES string of the molecule is c1ccc(N2CCN(c3cn4ccccc4n3)CC2)nc1. The Labute approximate surface area is 123 Å². The second kappa shape index (κ2) is 5.09. The van der Waals surface area contributed by atoms with Crippen molar-refractivity contribution in [3.63, 3.8) is 0 Å². The molecule has 0 aromatic carbocycles. The van der Waals surface area contributed by atoms with E-state index in [0.717, 1.165) is 43.5 Å². The Kier molecular flexibility index (Phi) is 2.96. The van der Waals surface area contributed by atoms with Crippen LogP contribution in [0.25, 0.3) is 5.65 Å². The fourth-order valence-corrected chi connectivity index (χ4v) is 2.78. The van der Waals surface area contributed by atoms with Gasteiger partial charge in [0.25, 0.3) is 0 Å². The number of anilines is 2. The van der Waals surface area contributed by atoms with Crippen molar-refractivity contribution < 1.29 is 0 Å². The average Bonchev–Trinajstić information content (AvgIpc) is 3.00. The highest BCUT2D eigenvalue weighted by atomic mass is 15.3. The smallest absolute Gasteiger partial charge is 0.147 e. The van der Waals surface area contributed by atoms with E-state index in [9.17, 15) is 0 Å². The molecule has 5 nitrogen and oxygen atoms in total. The predicted molar refractivity (Wildman–Crippen MR) is 83.9 cm³/mol. The molecular formula is C16H17N5. The molecule has 0 spiro atoms. The monoisotopic (exact) mass is 279 g/mol. The Morgan fingerprint density at radius 2 is 1.57 bits per heavy atom. The Morgan fingerprint density at radius 3 is 2.29 bits per heavy atom. The second-order valence-electron chi connectivity index (χ2n) is 5.23. The summed E-state index contributed by atoms with van der Waals surface area (Å²) in [5.74, 6) is 2.12. The lowest BCUT2D eigenvalue weighted by molar-refractivity contribution is 0.643. The highest BCUT2D eigenvalue weighted by molar-refractivity contribution is 5.51. The Balaban J connectivity index is 1.50. The molecule has 0 bridgehead atoms. The van der Waals surface area contributed by atoms with Crippen LogP contribution >= 0.6 is 0 Å². The molecular weight excluding hydrogens is 262 g/mol. The maximum atomic E-state index is 4.69. The third-order valence-corrected chi connectivity index (χ3v) is 3.93. The molecule has 0 unspecified atom stereocenters. The van der Waals surface area contributed by atoms with E-state index in [0.29, 0.717) is 0 Å². The first kappa shape index (κ1) is 12.2.